The maximum atomic E-state index is 6.77. The van der Waals surface area contributed by atoms with E-state index in [0.717, 1.165) is 62.9 Å². The standard InChI is InChI=1S/C55H41N3O/c1-34-21-28-52-46(29-34)54-35(2)22-25-43(55(54)59-52)47-32-39(36-13-5-3-6-14-36)33-53(56-47)58-49-20-12-10-18-42(49)45-31-38(24-27-51(45)58)37-23-26-50-44(30-37)41-17-9-11-19-48(41)57(50)40-15-7-4-8-16-40/h3-20,22-35,54H,21H2,1-2H3. The van der Waals surface area contributed by atoms with Gasteiger partial charge in [-0.2, -0.15) is 0 Å². The Morgan fingerprint density at radius 2 is 1.17 bits per heavy atom. The summed E-state index contributed by atoms with van der Waals surface area (Å²) in [6.45, 7) is 4.60. The van der Waals surface area contributed by atoms with Gasteiger partial charge in [-0.1, -0.05) is 129 Å². The van der Waals surface area contributed by atoms with Gasteiger partial charge >= 0.3 is 0 Å². The van der Waals surface area contributed by atoms with E-state index in [-0.39, 0.29) is 5.92 Å². The minimum atomic E-state index is 0.190. The third kappa shape index (κ3) is 5.33. The number of rotatable bonds is 5. The number of hydrogen-bond donors (Lipinski definition) is 0. The second-order valence-electron chi connectivity index (χ2n) is 16.4. The Kier molecular flexibility index (Phi) is 7.58. The number of para-hydroxylation sites is 3. The molecular weight excluding hydrogens is 719 g/mol. The first kappa shape index (κ1) is 33.9. The van der Waals surface area contributed by atoms with Crippen LogP contribution in [0.3, 0.4) is 0 Å². The molecule has 9 aromatic rings. The van der Waals surface area contributed by atoms with E-state index in [0.29, 0.717) is 11.8 Å². The summed E-state index contributed by atoms with van der Waals surface area (Å²) in [6, 6.07) is 57.1. The maximum Gasteiger partial charge on any atom is 0.138 e. The molecule has 0 amide bonds. The van der Waals surface area contributed by atoms with Crippen LogP contribution in [-0.2, 0) is 4.74 Å². The number of nitrogens with zero attached hydrogens (tertiary/aromatic N) is 3. The SMILES string of the molecule is CC1C=C2C(=CC1)OC1=C(c3cc(-c4ccccc4)cc(-n4c5ccccc5c5cc(-c6ccc7c(c6)c6ccccc6n7-c6ccccc6)ccc54)n3)C=CC(C)C21. The monoisotopic (exact) mass is 759 g/mol. The van der Waals surface area contributed by atoms with E-state index < -0.39 is 0 Å². The lowest BCUT2D eigenvalue weighted by atomic mass is 9.78. The van der Waals surface area contributed by atoms with Crippen molar-refractivity contribution in [2.24, 2.45) is 17.8 Å². The third-order valence-corrected chi connectivity index (χ3v) is 12.7. The highest BCUT2D eigenvalue weighted by molar-refractivity contribution is 6.12. The minimum Gasteiger partial charge on any atom is -0.460 e. The van der Waals surface area contributed by atoms with Gasteiger partial charge in [-0.05, 0) is 107 Å². The number of ether oxygens (including phenoxy) is 1. The lowest BCUT2D eigenvalue weighted by Gasteiger charge is -2.24. The van der Waals surface area contributed by atoms with Gasteiger partial charge in [0, 0.05) is 38.4 Å². The van der Waals surface area contributed by atoms with Gasteiger partial charge in [0.1, 0.15) is 17.3 Å². The molecule has 0 saturated carbocycles. The topological polar surface area (TPSA) is 32.0 Å². The second kappa shape index (κ2) is 13.2. The molecule has 0 N–H and O–H groups in total. The Labute approximate surface area is 343 Å². The largest absolute Gasteiger partial charge is 0.460 e. The quantitative estimate of drug-likeness (QED) is 0.175. The van der Waals surface area contributed by atoms with E-state index in [1.807, 2.05) is 0 Å². The molecule has 6 aromatic carbocycles. The van der Waals surface area contributed by atoms with Crippen LogP contribution in [0.15, 0.2) is 199 Å². The molecule has 3 unspecified atom stereocenters. The number of hydrogen-bond acceptors (Lipinski definition) is 2. The summed E-state index contributed by atoms with van der Waals surface area (Å²) in [6.07, 6.45) is 10.3. The van der Waals surface area contributed by atoms with Gasteiger partial charge in [0.15, 0.2) is 0 Å². The molecule has 12 rings (SSSR count). The van der Waals surface area contributed by atoms with Crippen molar-refractivity contribution in [1.29, 1.82) is 0 Å². The molecule has 4 heteroatoms. The molecule has 1 saturated heterocycles. The molecule has 3 aliphatic rings. The van der Waals surface area contributed by atoms with Gasteiger partial charge in [-0.15, -0.1) is 0 Å². The highest BCUT2D eigenvalue weighted by Gasteiger charge is 2.41. The van der Waals surface area contributed by atoms with Gasteiger partial charge in [0.2, 0.25) is 0 Å². The molecule has 1 aliphatic heterocycles. The zero-order chi connectivity index (χ0) is 39.2. The van der Waals surface area contributed by atoms with Crippen molar-refractivity contribution in [2.75, 3.05) is 0 Å². The first-order chi connectivity index (χ1) is 29.1. The average Bonchev–Trinajstić information content (AvgIpc) is 3.94. The first-order valence-corrected chi connectivity index (χ1v) is 20.8. The van der Waals surface area contributed by atoms with Crippen molar-refractivity contribution >= 4 is 49.2 Å². The summed E-state index contributed by atoms with van der Waals surface area (Å²) in [7, 11) is 0. The predicted molar refractivity (Wildman–Crippen MR) is 244 cm³/mol. The maximum absolute atomic E-state index is 6.77. The zero-order valence-corrected chi connectivity index (χ0v) is 33.0. The number of pyridine rings is 1. The fourth-order valence-electron chi connectivity index (χ4n) is 9.92. The van der Waals surface area contributed by atoms with Gasteiger partial charge < -0.3 is 9.30 Å². The van der Waals surface area contributed by atoms with Crippen LogP contribution in [0.2, 0.25) is 0 Å². The van der Waals surface area contributed by atoms with Crippen LogP contribution in [0, 0.1) is 17.8 Å². The smallest absolute Gasteiger partial charge is 0.138 e. The molecule has 282 valence electrons. The Bertz CT molecular complexity index is 3300. The van der Waals surface area contributed by atoms with E-state index in [2.05, 4.69) is 205 Å². The number of allylic oxidation sites excluding steroid dienone is 7. The Hall–Kier alpha value is -7.17. The molecule has 59 heavy (non-hydrogen) atoms. The number of fused-ring (bicyclic) bond motifs is 9. The highest BCUT2D eigenvalue weighted by Crippen LogP contribution is 2.50. The number of aromatic nitrogens is 3. The van der Waals surface area contributed by atoms with Crippen LogP contribution in [0.5, 0.6) is 0 Å². The molecule has 0 spiro atoms. The molecule has 0 radical (unpaired) electrons. The summed E-state index contributed by atoms with van der Waals surface area (Å²) in [5, 5.41) is 4.89. The van der Waals surface area contributed by atoms with Crippen molar-refractivity contribution in [2.45, 2.75) is 20.3 Å². The van der Waals surface area contributed by atoms with Crippen LogP contribution in [-0.4, -0.2) is 14.1 Å². The van der Waals surface area contributed by atoms with E-state index in [4.69, 9.17) is 9.72 Å². The van der Waals surface area contributed by atoms with Crippen LogP contribution in [0.1, 0.15) is 26.0 Å². The molecule has 4 heterocycles. The molecule has 0 bridgehead atoms. The van der Waals surface area contributed by atoms with Crippen LogP contribution >= 0.6 is 0 Å². The lowest BCUT2D eigenvalue weighted by Crippen LogP contribution is -2.16. The van der Waals surface area contributed by atoms with Crippen molar-refractivity contribution in [1.82, 2.24) is 14.1 Å². The first-order valence-electron chi connectivity index (χ1n) is 20.8. The van der Waals surface area contributed by atoms with Gasteiger partial charge in [-0.3, -0.25) is 4.57 Å². The summed E-state index contributed by atoms with van der Waals surface area (Å²) in [5.74, 6) is 3.96. The molecule has 4 nitrogen and oxygen atoms in total. The number of benzene rings is 6. The van der Waals surface area contributed by atoms with Crippen LogP contribution in [0.25, 0.3) is 82.9 Å². The Morgan fingerprint density at radius 1 is 0.559 bits per heavy atom. The fraction of sp³-hybridized carbons (Fsp3) is 0.109. The highest BCUT2D eigenvalue weighted by atomic mass is 16.5. The molecule has 1 fully saturated rings. The van der Waals surface area contributed by atoms with Gasteiger partial charge in [0.05, 0.1) is 33.7 Å². The van der Waals surface area contributed by atoms with E-state index in [1.165, 1.54) is 49.3 Å². The molecule has 2 aliphatic carbocycles. The summed E-state index contributed by atoms with van der Waals surface area (Å²) in [4.78, 5) is 5.55. The van der Waals surface area contributed by atoms with Crippen molar-refractivity contribution in [3.63, 3.8) is 0 Å². The van der Waals surface area contributed by atoms with Crippen molar-refractivity contribution < 1.29 is 4.74 Å². The molecule has 3 atom stereocenters. The Morgan fingerprint density at radius 3 is 1.88 bits per heavy atom. The van der Waals surface area contributed by atoms with Crippen LogP contribution in [0.4, 0.5) is 0 Å². The van der Waals surface area contributed by atoms with Gasteiger partial charge in [0.25, 0.3) is 0 Å². The third-order valence-electron chi connectivity index (χ3n) is 12.7. The van der Waals surface area contributed by atoms with E-state index in [9.17, 15) is 0 Å². The summed E-state index contributed by atoms with van der Waals surface area (Å²) < 4.78 is 11.5. The second-order valence-corrected chi connectivity index (χ2v) is 16.4. The van der Waals surface area contributed by atoms with Crippen LogP contribution < -0.4 is 0 Å². The van der Waals surface area contributed by atoms with Crippen molar-refractivity contribution in [3.8, 4) is 33.8 Å². The minimum absolute atomic E-state index is 0.190. The summed E-state index contributed by atoms with van der Waals surface area (Å²) in [5.41, 5.74) is 13.8. The lowest BCUT2D eigenvalue weighted by molar-refractivity contribution is 0.316. The molecule has 3 aromatic heterocycles. The van der Waals surface area contributed by atoms with Crippen molar-refractivity contribution in [3.05, 3.63) is 205 Å². The molecular formula is C55H41N3O. The fourth-order valence-corrected chi connectivity index (χ4v) is 9.92. The van der Waals surface area contributed by atoms with E-state index >= 15 is 0 Å². The summed E-state index contributed by atoms with van der Waals surface area (Å²) >= 11 is 0. The van der Waals surface area contributed by atoms with E-state index in [1.54, 1.807) is 0 Å². The zero-order valence-electron chi connectivity index (χ0n) is 33.0. The Balaban J connectivity index is 1.04. The van der Waals surface area contributed by atoms with Gasteiger partial charge in [-0.25, -0.2) is 4.98 Å². The average molecular weight is 760 g/mol. The predicted octanol–water partition coefficient (Wildman–Crippen LogP) is 14.0. The normalized spacial score (nSPS) is 18.6.